The molecule has 1 heterocycles. The molecule has 1 atom stereocenters. The van der Waals surface area contributed by atoms with Crippen LogP contribution in [0, 0.1) is 5.92 Å². The van der Waals surface area contributed by atoms with Crippen LogP contribution >= 0.6 is 11.3 Å². The Bertz CT molecular complexity index is 532. The lowest BCUT2D eigenvalue weighted by Crippen LogP contribution is -2.31. The minimum Gasteiger partial charge on any atom is -0.399 e. The molecule has 2 aromatic rings. The van der Waals surface area contributed by atoms with Crippen molar-refractivity contribution in [3.8, 4) is 0 Å². The zero-order chi connectivity index (χ0) is 13.8. The van der Waals surface area contributed by atoms with Crippen LogP contribution in [0.15, 0.2) is 41.8 Å². The first-order valence-corrected chi connectivity index (χ1v) is 7.15. The van der Waals surface area contributed by atoms with Gasteiger partial charge in [-0.25, -0.2) is 0 Å². The van der Waals surface area contributed by atoms with Gasteiger partial charge in [0, 0.05) is 16.1 Å². The fourth-order valence-electron chi connectivity index (χ4n) is 1.89. The van der Waals surface area contributed by atoms with E-state index in [2.05, 4.69) is 25.2 Å². The Morgan fingerprint density at radius 1 is 1.21 bits per heavy atom. The predicted molar refractivity (Wildman–Crippen MR) is 80.2 cm³/mol. The summed E-state index contributed by atoms with van der Waals surface area (Å²) in [7, 11) is 0. The Kier molecular flexibility index (Phi) is 4.22. The van der Waals surface area contributed by atoms with Crippen molar-refractivity contribution in [2.24, 2.45) is 5.92 Å². The minimum atomic E-state index is -0.0629. The molecule has 0 bridgehead atoms. The van der Waals surface area contributed by atoms with Crippen molar-refractivity contribution >= 4 is 22.9 Å². The van der Waals surface area contributed by atoms with Crippen molar-refractivity contribution < 1.29 is 4.79 Å². The van der Waals surface area contributed by atoms with E-state index in [1.54, 1.807) is 35.6 Å². The maximum atomic E-state index is 12.2. The number of nitrogens with two attached hydrogens (primary N) is 1. The number of carbonyl (C=O) groups excluding carboxylic acids is 1. The van der Waals surface area contributed by atoms with E-state index < -0.39 is 0 Å². The maximum Gasteiger partial charge on any atom is 0.251 e. The first kappa shape index (κ1) is 13.6. The zero-order valence-corrected chi connectivity index (χ0v) is 11.9. The van der Waals surface area contributed by atoms with Gasteiger partial charge in [-0.2, -0.15) is 0 Å². The highest BCUT2D eigenvalue weighted by Crippen LogP contribution is 2.26. The molecule has 1 aromatic heterocycles. The molecule has 0 aliphatic heterocycles. The fraction of sp³-hybridized carbons (Fsp3) is 0.267. The van der Waals surface area contributed by atoms with Crippen molar-refractivity contribution in [3.05, 3.63) is 52.2 Å². The average molecular weight is 274 g/mol. The van der Waals surface area contributed by atoms with Crippen molar-refractivity contribution in [3.63, 3.8) is 0 Å². The van der Waals surface area contributed by atoms with Crippen LogP contribution in [0.3, 0.4) is 0 Å². The highest BCUT2D eigenvalue weighted by Gasteiger charge is 2.19. The summed E-state index contributed by atoms with van der Waals surface area (Å²) in [6, 6.07) is 11.1. The second-order valence-corrected chi connectivity index (χ2v) is 5.81. The lowest BCUT2D eigenvalue weighted by Gasteiger charge is -2.21. The molecule has 4 heteroatoms. The summed E-state index contributed by atoms with van der Waals surface area (Å²) in [5.74, 6) is 0.281. The van der Waals surface area contributed by atoms with E-state index in [-0.39, 0.29) is 11.9 Å². The fourth-order valence-corrected chi connectivity index (χ4v) is 2.84. The molecule has 0 aliphatic carbocycles. The number of anilines is 1. The standard InChI is InChI=1S/C15H18N2OS/c1-10(2)14(13-4-3-9-19-13)17-15(18)11-5-7-12(16)8-6-11/h3-10,14H,16H2,1-2H3,(H,17,18). The van der Waals surface area contributed by atoms with Crippen LogP contribution in [-0.4, -0.2) is 5.91 Å². The Balaban J connectivity index is 2.14. The molecule has 0 radical (unpaired) electrons. The van der Waals surface area contributed by atoms with Crippen LogP contribution in [0.4, 0.5) is 5.69 Å². The number of nitrogens with one attached hydrogen (secondary N) is 1. The number of nitrogen functional groups attached to an aromatic ring is 1. The predicted octanol–water partition coefficient (Wildman–Crippen LogP) is 3.46. The van der Waals surface area contributed by atoms with E-state index in [4.69, 9.17) is 5.73 Å². The summed E-state index contributed by atoms with van der Waals surface area (Å²) in [5, 5.41) is 5.11. The average Bonchev–Trinajstić information content (AvgIpc) is 2.89. The van der Waals surface area contributed by atoms with Gasteiger partial charge in [0.25, 0.3) is 5.91 Å². The van der Waals surface area contributed by atoms with Gasteiger partial charge in [0.15, 0.2) is 0 Å². The molecular formula is C15H18N2OS. The van der Waals surface area contributed by atoms with Crippen LogP contribution in [0.25, 0.3) is 0 Å². The van der Waals surface area contributed by atoms with Crippen LogP contribution in [0.1, 0.15) is 35.1 Å². The van der Waals surface area contributed by atoms with E-state index in [9.17, 15) is 4.79 Å². The Hall–Kier alpha value is -1.81. The molecule has 2 rings (SSSR count). The summed E-state index contributed by atoms with van der Waals surface area (Å²) >= 11 is 1.66. The van der Waals surface area contributed by atoms with Gasteiger partial charge in [-0.1, -0.05) is 19.9 Å². The smallest absolute Gasteiger partial charge is 0.251 e. The molecule has 3 nitrogen and oxygen atoms in total. The number of rotatable bonds is 4. The molecule has 0 saturated heterocycles. The molecule has 1 amide bonds. The van der Waals surface area contributed by atoms with Gasteiger partial charge >= 0.3 is 0 Å². The molecule has 0 aliphatic rings. The van der Waals surface area contributed by atoms with Crippen LogP contribution in [-0.2, 0) is 0 Å². The van der Waals surface area contributed by atoms with E-state index in [0.717, 1.165) is 0 Å². The largest absolute Gasteiger partial charge is 0.399 e. The lowest BCUT2D eigenvalue weighted by molar-refractivity contribution is 0.0926. The Labute approximate surface area is 117 Å². The highest BCUT2D eigenvalue weighted by molar-refractivity contribution is 7.10. The van der Waals surface area contributed by atoms with Crippen LogP contribution in [0.5, 0.6) is 0 Å². The van der Waals surface area contributed by atoms with Crippen molar-refractivity contribution in [1.82, 2.24) is 5.32 Å². The summed E-state index contributed by atoms with van der Waals surface area (Å²) < 4.78 is 0. The number of amides is 1. The molecule has 3 N–H and O–H groups in total. The quantitative estimate of drug-likeness (QED) is 0.839. The summed E-state index contributed by atoms with van der Waals surface area (Å²) in [4.78, 5) is 13.4. The van der Waals surface area contributed by atoms with Gasteiger partial charge in [-0.3, -0.25) is 4.79 Å². The Morgan fingerprint density at radius 2 is 1.89 bits per heavy atom. The number of hydrogen-bond donors (Lipinski definition) is 2. The van der Waals surface area contributed by atoms with E-state index >= 15 is 0 Å². The highest BCUT2D eigenvalue weighted by atomic mass is 32.1. The maximum absolute atomic E-state index is 12.2. The molecular weight excluding hydrogens is 256 g/mol. The number of carbonyl (C=O) groups is 1. The van der Waals surface area contributed by atoms with E-state index in [1.165, 1.54) is 4.88 Å². The van der Waals surface area contributed by atoms with Crippen LogP contribution in [0.2, 0.25) is 0 Å². The number of benzene rings is 1. The van der Waals surface area contributed by atoms with Crippen LogP contribution < -0.4 is 11.1 Å². The second kappa shape index (κ2) is 5.89. The third kappa shape index (κ3) is 3.35. The normalized spacial score (nSPS) is 12.4. The monoisotopic (exact) mass is 274 g/mol. The van der Waals surface area contributed by atoms with Gasteiger partial charge in [-0.15, -0.1) is 11.3 Å². The van der Waals surface area contributed by atoms with Crippen molar-refractivity contribution in [2.45, 2.75) is 19.9 Å². The summed E-state index contributed by atoms with van der Waals surface area (Å²) in [6.07, 6.45) is 0. The topological polar surface area (TPSA) is 55.1 Å². The van der Waals surface area contributed by atoms with Gasteiger partial charge < -0.3 is 11.1 Å². The molecule has 0 saturated carbocycles. The van der Waals surface area contributed by atoms with Gasteiger partial charge in [0.05, 0.1) is 6.04 Å². The van der Waals surface area contributed by atoms with E-state index in [1.807, 2.05) is 11.4 Å². The molecule has 1 unspecified atom stereocenters. The lowest BCUT2D eigenvalue weighted by atomic mass is 10.0. The SMILES string of the molecule is CC(C)C(NC(=O)c1ccc(N)cc1)c1cccs1. The van der Waals surface area contributed by atoms with Gasteiger partial charge in [0.1, 0.15) is 0 Å². The first-order valence-electron chi connectivity index (χ1n) is 6.27. The number of thiophene rings is 1. The second-order valence-electron chi connectivity index (χ2n) is 4.83. The summed E-state index contributed by atoms with van der Waals surface area (Å²) in [6.45, 7) is 4.21. The van der Waals surface area contributed by atoms with Crippen molar-refractivity contribution in [1.29, 1.82) is 0 Å². The molecule has 1 aromatic carbocycles. The van der Waals surface area contributed by atoms with Gasteiger partial charge in [0.2, 0.25) is 0 Å². The molecule has 0 spiro atoms. The first-order chi connectivity index (χ1) is 9.08. The third-order valence-corrected chi connectivity index (χ3v) is 3.93. The third-order valence-electron chi connectivity index (χ3n) is 2.98. The molecule has 100 valence electrons. The molecule has 19 heavy (non-hydrogen) atoms. The minimum absolute atomic E-state index is 0.0463. The van der Waals surface area contributed by atoms with Gasteiger partial charge in [-0.05, 0) is 41.6 Å². The zero-order valence-electron chi connectivity index (χ0n) is 11.1. The van der Waals surface area contributed by atoms with Crippen molar-refractivity contribution in [2.75, 3.05) is 5.73 Å². The molecule has 0 fully saturated rings. The number of hydrogen-bond acceptors (Lipinski definition) is 3. The Morgan fingerprint density at radius 3 is 2.42 bits per heavy atom. The summed E-state index contributed by atoms with van der Waals surface area (Å²) in [5.41, 5.74) is 6.92. The van der Waals surface area contributed by atoms with E-state index in [0.29, 0.717) is 17.2 Å².